The molecule has 0 aliphatic rings. The second-order valence-corrected chi connectivity index (χ2v) is 4.43. The van der Waals surface area contributed by atoms with Crippen LogP contribution in [0.15, 0.2) is 24.3 Å². The fraction of sp³-hybridized carbons (Fsp3) is 0.417. The molecule has 1 amide bonds. The molecule has 0 unspecified atom stereocenters. The van der Waals surface area contributed by atoms with Gasteiger partial charge < -0.3 is 16.2 Å². The Morgan fingerprint density at radius 3 is 2.69 bits per heavy atom. The summed E-state index contributed by atoms with van der Waals surface area (Å²) in [6.45, 7) is 3.67. The number of hydrogen-bond acceptors (Lipinski definition) is 3. The first-order valence-electron chi connectivity index (χ1n) is 5.22. The minimum atomic E-state index is -0.738. The average molecular weight is 222 g/mol. The highest BCUT2D eigenvalue weighted by Crippen LogP contribution is 2.18. The number of nitrogens with two attached hydrogens (primary N) is 2. The number of anilines is 1. The molecule has 0 aliphatic carbocycles. The van der Waals surface area contributed by atoms with Crippen molar-refractivity contribution in [1.29, 1.82) is 0 Å². The first-order chi connectivity index (χ1) is 7.39. The Labute approximate surface area is 95.6 Å². The minimum Gasteiger partial charge on any atom is -0.444 e. The molecule has 0 fully saturated rings. The van der Waals surface area contributed by atoms with Crippen molar-refractivity contribution >= 4 is 11.8 Å². The lowest BCUT2D eigenvalue weighted by molar-refractivity contribution is 0.0394. The summed E-state index contributed by atoms with van der Waals surface area (Å²) < 4.78 is 5.00. The molecule has 0 aromatic heterocycles. The monoisotopic (exact) mass is 222 g/mol. The molecule has 0 aliphatic heterocycles. The number of ether oxygens (including phenoxy) is 1. The van der Waals surface area contributed by atoms with E-state index in [4.69, 9.17) is 16.2 Å². The maximum atomic E-state index is 10.7. The van der Waals surface area contributed by atoms with Gasteiger partial charge >= 0.3 is 6.09 Å². The Morgan fingerprint density at radius 2 is 2.12 bits per heavy atom. The van der Waals surface area contributed by atoms with Crippen LogP contribution in [0.2, 0.25) is 0 Å². The van der Waals surface area contributed by atoms with Crippen LogP contribution in [0, 0.1) is 0 Å². The molecule has 0 heterocycles. The van der Waals surface area contributed by atoms with Gasteiger partial charge in [0.1, 0.15) is 5.60 Å². The predicted molar refractivity (Wildman–Crippen MR) is 63.9 cm³/mol. The summed E-state index contributed by atoms with van der Waals surface area (Å²) in [7, 11) is 0. The van der Waals surface area contributed by atoms with Gasteiger partial charge in [-0.25, -0.2) is 4.79 Å². The summed E-state index contributed by atoms with van der Waals surface area (Å²) in [5.74, 6) is 0. The lowest BCUT2D eigenvalue weighted by atomic mass is 9.98. The number of rotatable bonds is 4. The maximum absolute atomic E-state index is 10.7. The van der Waals surface area contributed by atoms with E-state index in [-0.39, 0.29) is 0 Å². The summed E-state index contributed by atoms with van der Waals surface area (Å²) in [6.07, 6.45) is 0.766. The number of hydrogen-bond donors (Lipinski definition) is 2. The Morgan fingerprint density at radius 1 is 1.44 bits per heavy atom. The summed E-state index contributed by atoms with van der Waals surface area (Å²) >= 11 is 0. The third-order valence-electron chi connectivity index (χ3n) is 2.34. The van der Waals surface area contributed by atoms with Crippen LogP contribution < -0.4 is 11.5 Å². The van der Waals surface area contributed by atoms with Crippen LogP contribution in [0.3, 0.4) is 0 Å². The number of nitrogen functional groups attached to an aromatic ring is 1. The normalized spacial score (nSPS) is 11.1. The lowest BCUT2D eigenvalue weighted by Gasteiger charge is -2.23. The second-order valence-electron chi connectivity index (χ2n) is 4.43. The fourth-order valence-electron chi connectivity index (χ4n) is 1.52. The van der Waals surface area contributed by atoms with Gasteiger partial charge in [0.05, 0.1) is 0 Å². The summed E-state index contributed by atoms with van der Waals surface area (Å²) in [5.41, 5.74) is 12.0. The number of carbonyl (C=O) groups is 1. The molecule has 0 spiro atoms. The first-order valence-corrected chi connectivity index (χ1v) is 5.22. The molecule has 4 nitrogen and oxygen atoms in total. The van der Waals surface area contributed by atoms with Crippen LogP contribution in [0.1, 0.15) is 25.8 Å². The predicted octanol–water partition coefficient (Wildman–Crippen LogP) is 2.08. The van der Waals surface area contributed by atoms with E-state index < -0.39 is 11.7 Å². The topological polar surface area (TPSA) is 78.3 Å². The zero-order chi connectivity index (χ0) is 12.2. The molecule has 16 heavy (non-hydrogen) atoms. The Hall–Kier alpha value is -1.71. The molecular formula is C12H18N2O2. The van der Waals surface area contributed by atoms with E-state index in [0.717, 1.165) is 17.7 Å². The molecule has 88 valence electrons. The van der Waals surface area contributed by atoms with Crippen molar-refractivity contribution in [3.8, 4) is 0 Å². The van der Waals surface area contributed by atoms with Crippen molar-refractivity contribution in [2.75, 3.05) is 5.73 Å². The highest BCUT2D eigenvalue weighted by atomic mass is 16.6. The van der Waals surface area contributed by atoms with E-state index in [1.807, 2.05) is 38.1 Å². The van der Waals surface area contributed by atoms with Gasteiger partial charge in [-0.05, 0) is 44.4 Å². The number of carbonyl (C=O) groups excluding carboxylic acids is 1. The zero-order valence-electron chi connectivity index (χ0n) is 9.69. The third-order valence-corrected chi connectivity index (χ3v) is 2.34. The van der Waals surface area contributed by atoms with Crippen LogP contribution in [0.25, 0.3) is 0 Å². The van der Waals surface area contributed by atoms with Gasteiger partial charge in [-0.1, -0.05) is 12.1 Å². The van der Waals surface area contributed by atoms with Gasteiger partial charge in [0, 0.05) is 5.69 Å². The van der Waals surface area contributed by atoms with Crippen LogP contribution in [0.4, 0.5) is 10.5 Å². The van der Waals surface area contributed by atoms with Gasteiger partial charge in [0.2, 0.25) is 0 Å². The molecule has 1 rings (SSSR count). The molecule has 4 heteroatoms. The largest absolute Gasteiger partial charge is 0.444 e. The van der Waals surface area contributed by atoms with E-state index in [0.29, 0.717) is 6.42 Å². The Balaban J connectivity index is 2.54. The Bertz CT molecular complexity index is 375. The van der Waals surface area contributed by atoms with Gasteiger partial charge in [-0.2, -0.15) is 0 Å². The van der Waals surface area contributed by atoms with Gasteiger partial charge in [0.25, 0.3) is 0 Å². The fourth-order valence-corrected chi connectivity index (χ4v) is 1.52. The minimum absolute atomic E-state index is 0.545. The molecule has 1 aromatic carbocycles. The van der Waals surface area contributed by atoms with Crippen molar-refractivity contribution in [1.82, 2.24) is 0 Å². The van der Waals surface area contributed by atoms with Crippen LogP contribution in [-0.4, -0.2) is 11.7 Å². The highest BCUT2D eigenvalue weighted by molar-refractivity contribution is 5.65. The quantitative estimate of drug-likeness (QED) is 0.765. The molecule has 4 N–H and O–H groups in total. The van der Waals surface area contributed by atoms with Crippen molar-refractivity contribution in [2.45, 2.75) is 32.3 Å². The van der Waals surface area contributed by atoms with Gasteiger partial charge in [0.15, 0.2) is 0 Å². The van der Waals surface area contributed by atoms with Crippen LogP contribution in [0.5, 0.6) is 0 Å². The number of amides is 1. The van der Waals surface area contributed by atoms with Crippen LogP contribution >= 0.6 is 0 Å². The average Bonchev–Trinajstić information content (AvgIpc) is 2.13. The van der Waals surface area contributed by atoms with Crippen molar-refractivity contribution in [3.05, 3.63) is 29.8 Å². The van der Waals surface area contributed by atoms with Gasteiger partial charge in [-0.3, -0.25) is 0 Å². The summed E-state index contributed by atoms with van der Waals surface area (Å²) in [4.78, 5) is 10.7. The molecule has 0 bridgehead atoms. The third kappa shape index (κ3) is 4.21. The summed E-state index contributed by atoms with van der Waals surface area (Å²) in [5, 5.41) is 0. The molecule has 1 aromatic rings. The molecular weight excluding hydrogens is 204 g/mol. The molecule has 0 saturated heterocycles. The van der Waals surface area contributed by atoms with E-state index >= 15 is 0 Å². The van der Waals surface area contributed by atoms with E-state index in [9.17, 15) is 4.79 Å². The lowest BCUT2D eigenvalue weighted by Crippen LogP contribution is -2.31. The molecule has 0 saturated carbocycles. The van der Waals surface area contributed by atoms with Gasteiger partial charge in [-0.15, -0.1) is 0 Å². The number of aryl methyl sites for hydroxylation is 1. The van der Waals surface area contributed by atoms with Crippen molar-refractivity contribution in [2.24, 2.45) is 5.73 Å². The van der Waals surface area contributed by atoms with E-state index in [2.05, 4.69) is 0 Å². The molecule has 0 radical (unpaired) electrons. The maximum Gasteiger partial charge on any atom is 0.405 e. The number of benzene rings is 1. The standard InChI is InChI=1S/C12H18N2O2/c1-12(2,16-11(14)15)7-6-9-4-3-5-10(13)8-9/h3-5,8H,6-7,13H2,1-2H3,(H2,14,15). The van der Waals surface area contributed by atoms with Crippen molar-refractivity contribution in [3.63, 3.8) is 0 Å². The smallest absolute Gasteiger partial charge is 0.405 e. The molecule has 0 atom stereocenters. The number of primary amides is 1. The highest BCUT2D eigenvalue weighted by Gasteiger charge is 2.21. The second kappa shape index (κ2) is 4.88. The SMILES string of the molecule is CC(C)(CCc1cccc(N)c1)OC(N)=O. The van der Waals surface area contributed by atoms with E-state index in [1.54, 1.807) is 0 Å². The first kappa shape index (κ1) is 12.4. The van der Waals surface area contributed by atoms with Crippen molar-refractivity contribution < 1.29 is 9.53 Å². The summed E-state index contributed by atoms with van der Waals surface area (Å²) in [6, 6.07) is 7.66. The van der Waals surface area contributed by atoms with E-state index in [1.165, 1.54) is 0 Å². The Kier molecular flexibility index (Phi) is 3.77. The zero-order valence-corrected chi connectivity index (χ0v) is 9.69. The van der Waals surface area contributed by atoms with Crippen LogP contribution in [-0.2, 0) is 11.2 Å².